The van der Waals surface area contributed by atoms with Crippen LogP contribution in [0.2, 0.25) is 0 Å². The maximum Gasteiger partial charge on any atom is 0.339 e. The number of rotatable bonds is 5. The number of esters is 1. The summed E-state index contributed by atoms with van der Waals surface area (Å²) in [4.78, 5) is 31.1. The van der Waals surface area contributed by atoms with E-state index in [9.17, 15) is 18.0 Å². The summed E-state index contributed by atoms with van der Waals surface area (Å²) < 4.78 is 31.1. The molecule has 1 aromatic heterocycles. The second-order valence-electron chi connectivity index (χ2n) is 5.03. The van der Waals surface area contributed by atoms with Gasteiger partial charge in [-0.3, -0.25) is 5.32 Å². The SMILES string of the molecule is COC(=O)c1ccccc1S(=O)(=O)NC(=O)Nc1nc(C)cc(CO)n1. The molecule has 138 valence electrons. The first-order valence-electron chi connectivity index (χ1n) is 7.23. The first-order chi connectivity index (χ1) is 12.3. The third-order valence-corrected chi connectivity index (χ3v) is 4.49. The Labute approximate surface area is 149 Å². The van der Waals surface area contributed by atoms with Crippen LogP contribution in [0.3, 0.4) is 0 Å². The van der Waals surface area contributed by atoms with Gasteiger partial charge in [0.05, 0.1) is 25.0 Å². The molecular formula is C15H16N4O6S. The Morgan fingerprint density at radius 2 is 1.92 bits per heavy atom. The number of ether oxygens (including phenoxy) is 1. The Hall–Kier alpha value is -3.05. The van der Waals surface area contributed by atoms with Crippen molar-refractivity contribution in [2.75, 3.05) is 12.4 Å². The van der Waals surface area contributed by atoms with Crippen molar-refractivity contribution in [1.82, 2.24) is 14.7 Å². The maximum atomic E-state index is 12.4. The molecule has 0 spiro atoms. The predicted octanol–water partition coefficient (Wildman–Crippen LogP) is 0.574. The van der Waals surface area contributed by atoms with E-state index in [2.05, 4.69) is 20.0 Å². The average Bonchev–Trinajstić information content (AvgIpc) is 2.59. The summed E-state index contributed by atoms with van der Waals surface area (Å²) >= 11 is 0. The van der Waals surface area contributed by atoms with Gasteiger partial charge in [-0.2, -0.15) is 0 Å². The number of urea groups is 1. The Balaban J connectivity index is 2.24. The average molecular weight is 380 g/mol. The Morgan fingerprint density at radius 3 is 2.58 bits per heavy atom. The number of sulfonamides is 1. The van der Waals surface area contributed by atoms with Gasteiger partial charge in [-0.1, -0.05) is 12.1 Å². The number of amides is 2. The standard InChI is InChI=1S/C15H16N4O6S/c1-9-7-10(8-20)17-14(16-9)18-15(22)19-26(23,24)12-6-4-3-5-11(12)13(21)25-2/h3-7,20H,8H2,1-2H3,(H2,16,17,18,19,22). The Kier molecular flexibility index (Phi) is 5.85. The zero-order valence-electron chi connectivity index (χ0n) is 13.9. The quantitative estimate of drug-likeness (QED) is 0.638. The van der Waals surface area contributed by atoms with Crippen molar-refractivity contribution < 1.29 is 27.9 Å². The first-order valence-corrected chi connectivity index (χ1v) is 8.71. The molecule has 1 heterocycles. The van der Waals surface area contributed by atoms with Crippen LogP contribution in [-0.4, -0.2) is 42.6 Å². The van der Waals surface area contributed by atoms with Crippen molar-refractivity contribution >= 4 is 28.0 Å². The third kappa shape index (κ3) is 4.52. The van der Waals surface area contributed by atoms with E-state index in [0.29, 0.717) is 5.69 Å². The molecule has 0 aliphatic rings. The number of aryl methyl sites for hydroxylation is 1. The van der Waals surface area contributed by atoms with Crippen molar-refractivity contribution in [3.05, 3.63) is 47.3 Å². The summed E-state index contributed by atoms with van der Waals surface area (Å²) in [6, 6.07) is 5.66. The van der Waals surface area contributed by atoms with E-state index in [1.54, 1.807) is 11.6 Å². The van der Waals surface area contributed by atoms with Crippen molar-refractivity contribution in [2.45, 2.75) is 18.4 Å². The van der Waals surface area contributed by atoms with Crippen molar-refractivity contribution in [1.29, 1.82) is 0 Å². The van der Waals surface area contributed by atoms with Crippen LogP contribution in [0.4, 0.5) is 10.7 Å². The van der Waals surface area contributed by atoms with Crippen molar-refractivity contribution in [3.63, 3.8) is 0 Å². The monoisotopic (exact) mass is 380 g/mol. The molecule has 0 unspecified atom stereocenters. The number of aliphatic hydroxyl groups excluding tert-OH is 1. The first kappa shape index (κ1) is 19.3. The van der Waals surface area contributed by atoms with Gasteiger partial charge in [0.1, 0.15) is 4.90 Å². The number of nitrogens with one attached hydrogen (secondary N) is 2. The molecule has 2 aromatic rings. The molecule has 0 aliphatic heterocycles. The lowest BCUT2D eigenvalue weighted by Gasteiger charge is -2.11. The number of carbonyl (C=O) groups excluding carboxylic acids is 2. The van der Waals surface area contributed by atoms with Crippen molar-refractivity contribution in [3.8, 4) is 0 Å². The molecular weight excluding hydrogens is 364 g/mol. The highest BCUT2D eigenvalue weighted by molar-refractivity contribution is 7.90. The summed E-state index contributed by atoms with van der Waals surface area (Å²) in [7, 11) is -3.25. The number of hydrogen-bond acceptors (Lipinski definition) is 8. The van der Waals surface area contributed by atoms with Crippen molar-refractivity contribution in [2.24, 2.45) is 0 Å². The summed E-state index contributed by atoms with van der Waals surface area (Å²) in [5.41, 5.74) is 0.509. The Bertz CT molecular complexity index is 945. The highest BCUT2D eigenvalue weighted by Crippen LogP contribution is 2.16. The van der Waals surface area contributed by atoms with Gasteiger partial charge in [-0.25, -0.2) is 32.7 Å². The lowest BCUT2D eigenvalue weighted by atomic mass is 10.2. The number of anilines is 1. The fraction of sp³-hybridized carbons (Fsp3) is 0.200. The number of nitrogens with zero attached hydrogens (tertiary/aromatic N) is 2. The molecule has 0 saturated heterocycles. The minimum atomic E-state index is -4.36. The zero-order chi connectivity index (χ0) is 19.3. The molecule has 0 saturated carbocycles. The highest BCUT2D eigenvalue weighted by Gasteiger charge is 2.24. The lowest BCUT2D eigenvalue weighted by Crippen LogP contribution is -2.35. The van der Waals surface area contributed by atoms with E-state index >= 15 is 0 Å². The van der Waals surface area contributed by atoms with Crippen LogP contribution >= 0.6 is 0 Å². The molecule has 26 heavy (non-hydrogen) atoms. The van der Waals surface area contributed by atoms with E-state index in [0.717, 1.165) is 13.2 Å². The van der Waals surface area contributed by atoms with Crippen LogP contribution in [0.15, 0.2) is 35.2 Å². The molecule has 11 heteroatoms. The summed E-state index contributed by atoms with van der Waals surface area (Å²) in [5.74, 6) is -1.04. The number of carbonyl (C=O) groups is 2. The smallest absolute Gasteiger partial charge is 0.339 e. The summed E-state index contributed by atoms with van der Waals surface area (Å²) in [5, 5.41) is 11.3. The summed E-state index contributed by atoms with van der Waals surface area (Å²) in [6.07, 6.45) is 0. The molecule has 2 amide bonds. The van der Waals surface area contributed by atoms with Gasteiger partial charge in [0.2, 0.25) is 5.95 Å². The normalized spacial score (nSPS) is 10.9. The van der Waals surface area contributed by atoms with E-state index < -0.39 is 26.9 Å². The van der Waals surface area contributed by atoms with Gasteiger partial charge >= 0.3 is 12.0 Å². The number of aromatic nitrogens is 2. The molecule has 10 nitrogen and oxygen atoms in total. The van der Waals surface area contributed by atoms with Gasteiger partial charge in [0.25, 0.3) is 10.0 Å². The summed E-state index contributed by atoms with van der Waals surface area (Å²) in [6.45, 7) is 1.25. The molecule has 0 fully saturated rings. The van der Waals surface area contributed by atoms with Gasteiger partial charge in [0, 0.05) is 5.69 Å². The van der Waals surface area contributed by atoms with E-state index in [-0.39, 0.29) is 23.8 Å². The van der Waals surface area contributed by atoms with Crippen LogP contribution in [0.5, 0.6) is 0 Å². The minimum absolute atomic E-state index is 0.178. The van der Waals surface area contributed by atoms with E-state index in [1.165, 1.54) is 24.3 Å². The molecule has 0 radical (unpaired) electrons. The maximum absolute atomic E-state index is 12.4. The Morgan fingerprint density at radius 1 is 1.23 bits per heavy atom. The molecule has 3 N–H and O–H groups in total. The van der Waals surface area contributed by atoms with E-state index in [4.69, 9.17) is 5.11 Å². The van der Waals surface area contributed by atoms with Crippen LogP contribution in [-0.2, 0) is 21.4 Å². The van der Waals surface area contributed by atoms with Gasteiger partial charge in [0.15, 0.2) is 0 Å². The fourth-order valence-electron chi connectivity index (χ4n) is 2.05. The van der Waals surface area contributed by atoms with Crippen LogP contribution in [0, 0.1) is 6.92 Å². The van der Waals surface area contributed by atoms with Crippen LogP contribution in [0.25, 0.3) is 0 Å². The lowest BCUT2D eigenvalue weighted by molar-refractivity contribution is 0.0596. The second kappa shape index (κ2) is 7.89. The van der Waals surface area contributed by atoms with Gasteiger partial charge < -0.3 is 9.84 Å². The topological polar surface area (TPSA) is 148 Å². The molecule has 0 bridgehead atoms. The predicted molar refractivity (Wildman–Crippen MR) is 89.8 cm³/mol. The van der Waals surface area contributed by atoms with Gasteiger partial charge in [-0.15, -0.1) is 0 Å². The second-order valence-corrected chi connectivity index (χ2v) is 6.68. The number of aliphatic hydroxyl groups is 1. The molecule has 1 aromatic carbocycles. The van der Waals surface area contributed by atoms with E-state index in [1.807, 2.05) is 0 Å². The molecule has 0 atom stereocenters. The molecule has 0 aliphatic carbocycles. The van der Waals surface area contributed by atoms with Crippen LogP contribution in [0.1, 0.15) is 21.7 Å². The minimum Gasteiger partial charge on any atom is -0.465 e. The largest absolute Gasteiger partial charge is 0.465 e. The fourth-order valence-corrected chi connectivity index (χ4v) is 3.16. The van der Waals surface area contributed by atoms with Gasteiger partial charge in [-0.05, 0) is 25.1 Å². The third-order valence-electron chi connectivity index (χ3n) is 3.10. The van der Waals surface area contributed by atoms with Crippen LogP contribution < -0.4 is 10.0 Å². The molecule has 2 rings (SSSR count). The highest BCUT2D eigenvalue weighted by atomic mass is 32.2. The number of benzene rings is 1. The number of hydrogen-bond donors (Lipinski definition) is 3. The zero-order valence-corrected chi connectivity index (χ0v) is 14.7. The number of methoxy groups -OCH3 is 1.